The van der Waals surface area contributed by atoms with E-state index in [2.05, 4.69) is 10.3 Å². The fourth-order valence-corrected chi connectivity index (χ4v) is 2.93. The maximum Gasteiger partial charge on any atom is 0.321 e. The molecule has 2 heterocycles. The van der Waals surface area contributed by atoms with E-state index < -0.39 is 4.92 Å². The summed E-state index contributed by atoms with van der Waals surface area (Å²) in [6.45, 7) is 1.79. The van der Waals surface area contributed by atoms with Gasteiger partial charge in [0.15, 0.2) is 5.69 Å². The number of rotatable bonds is 3. The van der Waals surface area contributed by atoms with Gasteiger partial charge < -0.3 is 20.3 Å². The Bertz CT molecular complexity index is 750. The van der Waals surface area contributed by atoms with Crippen LogP contribution >= 0.6 is 24.0 Å². The molecule has 3 rings (SSSR count). The average molecular weight is 371 g/mol. The normalized spacial score (nSPS) is 17.2. The molecule has 9 heteroatoms. The van der Waals surface area contributed by atoms with E-state index in [0.717, 1.165) is 5.56 Å². The lowest BCUT2D eigenvalue weighted by atomic mass is 10.0. The zero-order chi connectivity index (χ0) is 16.4. The van der Waals surface area contributed by atoms with Crippen LogP contribution in [-0.2, 0) is 0 Å². The van der Waals surface area contributed by atoms with Gasteiger partial charge >= 0.3 is 5.82 Å². The second kappa shape index (κ2) is 7.65. The summed E-state index contributed by atoms with van der Waals surface area (Å²) in [6.07, 6.45) is 0. The van der Waals surface area contributed by atoms with Gasteiger partial charge in [0.1, 0.15) is 0 Å². The summed E-state index contributed by atoms with van der Waals surface area (Å²) in [5.74, 6) is -0.452. The fourth-order valence-electron chi connectivity index (χ4n) is 2.73. The standard InChI is InChI=1S/C15H15ClN4O3.ClH/c16-11-3-1-2-10(8-11)13-9-17-6-7-19(13)15(21)12-4-5-14(18-12)20(22)23;/h1-5,8,13,17-18H,6-7,9H2;1H. The molecule has 7 nitrogen and oxygen atoms in total. The lowest BCUT2D eigenvalue weighted by Crippen LogP contribution is -2.48. The molecule has 1 amide bonds. The molecule has 1 saturated heterocycles. The van der Waals surface area contributed by atoms with Gasteiger partial charge in [-0.2, -0.15) is 0 Å². The van der Waals surface area contributed by atoms with Gasteiger partial charge in [-0.05, 0) is 28.7 Å². The van der Waals surface area contributed by atoms with Crippen LogP contribution in [0.4, 0.5) is 5.82 Å². The molecule has 0 aliphatic carbocycles. The highest BCUT2D eigenvalue weighted by molar-refractivity contribution is 6.30. The number of hydrogen-bond donors (Lipinski definition) is 2. The number of H-pyrrole nitrogens is 1. The number of aromatic nitrogens is 1. The molecular formula is C15H16Cl2N4O3. The van der Waals surface area contributed by atoms with Crippen LogP contribution in [0.15, 0.2) is 36.4 Å². The molecule has 0 radical (unpaired) electrons. The summed E-state index contributed by atoms with van der Waals surface area (Å²) in [4.78, 5) is 27.2. The molecule has 2 N–H and O–H groups in total. The quantitative estimate of drug-likeness (QED) is 0.641. The van der Waals surface area contributed by atoms with E-state index >= 15 is 0 Å². The van der Waals surface area contributed by atoms with E-state index in [0.29, 0.717) is 24.7 Å². The molecule has 0 spiro atoms. The van der Waals surface area contributed by atoms with Crippen molar-refractivity contribution in [1.82, 2.24) is 15.2 Å². The summed E-state index contributed by atoms with van der Waals surface area (Å²) in [5.41, 5.74) is 1.14. The van der Waals surface area contributed by atoms with Gasteiger partial charge in [0, 0.05) is 30.7 Å². The maximum absolute atomic E-state index is 12.7. The summed E-state index contributed by atoms with van der Waals surface area (Å²) in [6, 6.07) is 9.94. The van der Waals surface area contributed by atoms with Gasteiger partial charge in [-0.1, -0.05) is 23.7 Å². The number of amides is 1. The van der Waals surface area contributed by atoms with Crippen LogP contribution in [-0.4, -0.2) is 40.3 Å². The van der Waals surface area contributed by atoms with E-state index in [1.54, 1.807) is 11.0 Å². The van der Waals surface area contributed by atoms with Crippen LogP contribution in [0, 0.1) is 10.1 Å². The lowest BCUT2D eigenvalue weighted by molar-refractivity contribution is -0.389. The predicted octanol–water partition coefficient (Wildman–Crippen LogP) is 2.78. The number of nitro groups is 1. The highest BCUT2D eigenvalue weighted by Crippen LogP contribution is 2.26. The van der Waals surface area contributed by atoms with Crippen molar-refractivity contribution >= 4 is 35.7 Å². The van der Waals surface area contributed by atoms with E-state index in [1.165, 1.54) is 12.1 Å². The lowest BCUT2D eigenvalue weighted by Gasteiger charge is -2.36. The first-order valence-corrected chi connectivity index (χ1v) is 7.54. The third-order valence-electron chi connectivity index (χ3n) is 3.84. The number of piperazine rings is 1. The van der Waals surface area contributed by atoms with Crippen LogP contribution in [0.25, 0.3) is 0 Å². The summed E-state index contributed by atoms with van der Waals surface area (Å²) < 4.78 is 0. The molecular weight excluding hydrogens is 355 g/mol. The smallest absolute Gasteiger partial charge is 0.321 e. The molecule has 1 aliphatic heterocycles. The first-order valence-electron chi connectivity index (χ1n) is 7.17. The minimum absolute atomic E-state index is 0. The monoisotopic (exact) mass is 370 g/mol. The minimum atomic E-state index is -0.553. The Morgan fingerprint density at radius 1 is 1.33 bits per heavy atom. The van der Waals surface area contributed by atoms with Gasteiger partial charge in [-0.15, -0.1) is 12.4 Å². The van der Waals surface area contributed by atoms with Crippen molar-refractivity contribution in [2.45, 2.75) is 6.04 Å². The molecule has 0 bridgehead atoms. The SMILES string of the molecule is Cl.O=C(c1ccc([N+](=O)[O-])[nH]1)N1CCNCC1c1cccc(Cl)c1. The third-order valence-corrected chi connectivity index (χ3v) is 4.07. The van der Waals surface area contributed by atoms with Crippen molar-refractivity contribution in [3.8, 4) is 0 Å². The van der Waals surface area contributed by atoms with Crippen molar-refractivity contribution in [3.05, 3.63) is 62.8 Å². The minimum Gasteiger partial charge on any atom is -0.358 e. The van der Waals surface area contributed by atoms with E-state index in [1.807, 2.05) is 18.2 Å². The van der Waals surface area contributed by atoms with E-state index in [9.17, 15) is 14.9 Å². The van der Waals surface area contributed by atoms with E-state index in [4.69, 9.17) is 11.6 Å². The number of carbonyl (C=O) groups excluding carboxylic acids is 1. The molecule has 1 atom stereocenters. The van der Waals surface area contributed by atoms with Gasteiger partial charge in [-0.3, -0.25) is 4.79 Å². The molecule has 1 unspecified atom stereocenters. The number of hydrogen-bond acceptors (Lipinski definition) is 4. The number of nitrogens with one attached hydrogen (secondary N) is 2. The first kappa shape index (κ1) is 18.3. The number of halogens is 2. The summed E-state index contributed by atoms with van der Waals surface area (Å²) in [5, 5.41) is 14.6. The topological polar surface area (TPSA) is 91.3 Å². The molecule has 1 aromatic carbocycles. The third kappa shape index (κ3) is 3.69. The Kier molecular flexibility index (Phi) is 5.82. The zero-order valence-electron chi connectivity index (χ0n) is 12.6. The van der Waals surface area contributed by atoms with Crippen LogP contribution in [0.3, 0.4) is 0 Å². The van der Waals surface area contributed by atoms with Crippen molar-refractivity contribution in [2.24, 2.45) is 0 Å². The van der Waals surface area contributed by atoms with Gasteiger partial charge in [0.05, 0.1) is 6.04 Å². The van der Waals surface area contributed by atoms with Crippen LogP contribution in [0.2, 0.25) is 5.02 Å². The second-order valence-corrected chi connectivity index (χ2v) is 5.72. The average Bonchev–Trinajstić information content (AvgIpc) is 3.04. The fraction of sp³-hybridized carbons (Fsp3) is 0.267. The molecule has 2 aromatic rings. The highest BCUT2D eigenvalue weighted by atomic mass is 35.5. The maximum atomic E-state index is 12.7. The Hall–Kier alpha value is -2.09. The number of aromatic amines is 1. The Morgan fingerprint density at radius 3 is 2.79 bits per heavy atom. The number of carbonyl (C=O) groups is 1. The number of benzene rings is 1. The summed E-state index contributed by atoms with van der Waals surface area (Å²) >= 11 is 6.04. The number of nitrogens with zero attached hydrogens (tertiary/aromatic N) is 2. The van der Waals surface area contributed by atoms with Gasteiger partial charge in [-0.25, -0.2) is 4.98 Å². The molecule has 1 fully saturated rings. The largest absolute Gasteiger partial charge is 0.358 e. The Balaban J connectivity index is 0.00000208. The molecule has 1 aromatic heterocycles. The second-order valence-electron chi connectivity index (χ2n) is 5.29. The molecule has 24 heavy (non-hydrogen) atoms. The van der Waals surface area contributed by atoms with Gasteiger partial charge in [0.2, 0.25) is 0 Å². The molecule has 0 saturated carbocycles. The van der Waals surface area contributed by atoms with Crippen molar-refractivity contribution < 1.29 is 9.72 Å². The van der Waals surface area contributed by atoms with E-state index in [-0.39, 0.29) is 35.9 Å². The summed E-state index contributed by atoms with van der Waals surface area (Å²) in [7, 11) is 0. The zero-order valence-corrected chi connectivity index (χ0v) is 14.1. The van der Waals surface area contributed by atoms with Crippen molar-refractivity contribution in [1.29, 1.82) is 0 Å². The van der Waals surface area contributed by atoms with Gasteiger partial charge in [0.25, 0.3) is 5.91 Å². The van der Waals surface area contributed by atoms with Crippen LogP contribution in [0.1, 0.15) is 22.1 Å². The van der Waals surface area contributed by atoms with Crippen LogP contribution in [0.5, 0.6) is 0 Å². The van der Waals surface area contributed by atoms with Crippen molar-refractivity contribution in [3.63, 3.8) is 0 Å². The first-order chi connectivity index (χ1) is 11.1. The van der Waals surface area contributed by atoms with Crippen molar-refractivity contribution in [2.75, 3.05) is 19.6 Å². The molecule has 1 aliphatic rings. The highest BCUT2D eigenvalue weighted by Gasteiger charge is 2.31. The Labute approximate surface area is 149 Å². The molecule has 128 valence electrons. The predicted molar refractivity (Wildman–Crippen MR) is 92.8 cm³/mol. The van der Waals surface area contributed by atoms with Crippen LogP contribution < -0.4 is 5.32 Å². The Morgan fingerprint density at radius 2 is 2.12 bits per heavy atom.